The first-order chi connectivity index (χ1) is 10.4. The molecule has 0 amide bonds. The van der Waals surface area contributed by atoms with E-state index in [9.17, 15) is 0 Å². The molecule has 0 atom stereocenters. The molecule has 2 aromatic carbocycles. The lowest BCUT2D eigenvalue weighted by Crippen LogP contribution is -1.80. The second-order valence-electron chi connectivity index (χ2n) is 4.74. The summed E-state index contributed by atoms with van der Waals surface area (Å²) in [6, 6.07) is 20.6. The number of rotatable bonds is 0. The summed E-state index contributed by atoms with van der Waals surface area (Å²) in [5, 5.41) is 2.53. The molecule has 0 N–H and O–H groups in total. The van der Waals surface area contributed by atoms with Crippen molar-refractivity contribution in [1.29, 1.82) is 0 Å². The van der Waals surface area contributed by atoms with Crippen LogP contribution in [0.4, 0.5) is 0 Å². The molecule has 21 heavy (non-hydrogen) atoms. The Morgan fingerprint density at radius 3 is 2.52 bits per heavy atom. The van der Waals surface area contributed by atoms with Gasteiger partial charge in [-0.05, 0) is 36.3 Å². The van der Waals surface area contributed by atoms with Crippen molar-refractivity contribution in [3.63, 3.8) is 0 Å². The Morgan fingerprint density at radius 1 is 0.762 bits per heavy atom. The summed E-state index contributed by atoms with van der Waals surface area (Å²) in [6.45, 7) is 0. The number of nitrogens with zero attached hydrogens (tertiary/aromatic N) is 1. The van der Waals surface area contributed by atoms with E-state index in [4.69, 9.17) is 0 Å². The second kappa shape index (κ2) is 5.05. The van der Waals surface area contributed by atoms with E-state index in [-0.39, 0.29) is 0 Å². The van der Waals surface area contributed by atoms with Crippen molar-refractivity contribution < 1.29 is 0 Å². The van der Waals surface area contributed by atoms with E-state index in [2.05, 4.69) is 59.3 Å². The number of pyridine rings is 1. The van der Waals surface area contributed by atoms with Crippen LogP contribution in [0, 0.1) is 11.8 Å². The molecule has 98 valence electrons. The summed E-state index contributed by atoms with van der Waals surface area (Å²) in [4.78, 5) is 4.25. The van der Waals surface area contributed by atoms with Gasteiger partial charge in [-0.2, -0.15) is 0 Å². The first-order valence-corrected chi connectivity index (χ1v) is 7.57. The lowest BCUT2D eigenvalue weighted by molar-refractivity contribution is 1.29. The molecular formula is C19H11NS. The molecule has 0 bridgehead atoms. The van der Waals surface area contributed by atoms with Crippen molar-refractivity contribution in [3.05, 3.63) is 78.1 Å². The van der Waals surface area contributed by atoms with Crippen LogP contribution in [0.1, 0.15) is 11.3 Å². The van der Waals surface area contributed by atoms with Crippen LogP contribution in [0.5, 0.6) is 0 Å². The maximum atomic E-state index is 4.25. The highest BCUT2D eigenvalue weighted by Crippen LogP contribution is 2.35. The van der Waals surface area contributed by atoms with Crippen LogP contribution >= 0.6 is 11.3 Å². The summed E-state index contributed by atoms with van der Waals surface area (Å²) in [5.74, 6) is 6.43. The van der Waals surface area contributed by atoms with Gasteiger partial charge in [0.25, 0.3) is 0 Å². The number of thiophene rings is 1. The molecule has 2 aromatic heterocycles. The molecule has 0 spiro atoms. The normalized spacial score (nSPS) is 10.5. The zero-order chi connectivity index (χ0) is 14.1. The third-order valence-corrected chi connectivity index (χ3v) is 4.53. The molecule has 0 aliphatic carbocycles. The minimum Gasteiger partial charge on any atom is -0.248 e. The second-order valence-corrected chi connectivity index (χ2v) is 5.83. The number of aromatic nitrogens is 1. The van der Waals surface area contributed by atoms with Crippen molar-refractivity contribution in [1.82, 2.24) is 4.98 Å². The molecule has 2 heteroatoms. The van der Waals surface area contributed by atoms with Crippen LogP contribution in [-0.4, -0.2) is 4.98 Å². The van der Waals surface area contributed by atoms with Gasteiger partial charge >= 0.3 is 0 Å². The number of benzene rings is 2. The van der Waals surface area contributed by atoms with Gasteiger partial charge in [0.05, 0.1) is 0 Å². The van der Waals surface area contributed by atoms with Gasteiger partial charge < -0.3 is 0 Å². The molecule has 0 aliphatic heterocycles. The molecule has 4 rings (SSSR count). The van der Waals surface area contributed by atoms with Crippen LogP contribution in [0.15, 0.2) is 66.9 Å². The predicted molar refractivity (Wildman–Crippen MR) is 89.5 cm³/mol. The highest BCUT2D eigenvalue weighted by Gasteiger charge is 2.07. The Hall–Kier alpha value is -2.63. The third-order valence-electron chi connectivity index (χ3n) is 3.39. The topological polar surface area (TPSA) is 12.9 Å². The summed E-state index contributed by atoms with van der Waals surface area (Å²) in [6.07, 6.45) is 1.77. The van der Waals surface area contributed by atoms with Crippen LogP contribution in [0.3, 0.4) is 0 Å². The summed E-state index contributed by atoms with van der Waals surface area (Å²) >= 11 is 1.81. The maximum absolute atomic E-state index is 4.25. The van der Waals surface area contributed by atoms with Gasteiger partial charge in [0, 0.05) is 31.9 Å². The standard InChI is InChI=1S/C19H11NS/c1-2-9-17-16(8-1)19-14(6-5-10-18(19)21-17)11-12-15-7-3-4-13-20-15/h1-10,13H. The van der Waals surface area contributed by atoms with Gasteiger partial charge in [0.2, 0.25) is 0 Å². The monoisotopic (exact) mass is 285 g/mol. The fraction of sp³-hybridized carbons (Fsp3) is 0. The Balaban J connectivity index is 1.95. The minimum atomic E-state index is 0.800. The first-order valence-electron chi connectivity index (χ1n) is 6.75. The molecule has 0 saturated heterocycles. The predicted octanol–water partition coefficient (Wildman–Crippen LogP) is 4.85. The zero-order valence-electron chi connectivity index (χ0n) is 11.2. The van der Waals surface area contributed by atoms with E-state index >= 15 is 0 Å². The van der Waals surface area contributed by atoms with Crippen LogP contribution in [-0.2, 0) is 0 Å². The fourth-order valence-corrected chi connectivity index (χ4v) is 3.58. The average molecular weight is 285 g/mol. The van der Waals surface area contributed by atoms with E-state index in [1.165, 1.54) is 20.2 Å². The van der Waals surface area contributed by atoms with Crippen molar-refractivity contribution in [2.45, 2.75) is 0 Å². The molecule has 0 saturated carbocycles. The molecule has 1 nitrogen and oxygen atoms in total. The smallest absolute Gasteiger partial charge is 0.113 e. The maximum Gasteiger partial charge on any atom is 0.113 e. The van der Waals surface area contributed by atoms with Gasteiger partial charge in [-0.3, -0.25) is 0 Å². The Bertz CT molecular complexity index is 988. The van der Waals surface area contributed by atoms with E-state index in [1.54, 1.807) is 6.20 Å². The molecule has 0 fully saturated rings. The molecule has 4 aromatic rings. The van der Waals surface area contributed by atoms with Gasteiger partial charge in [-0.1, -0.05) is 36.3 Å². The first kappa shape index (κ1) is 12.1. The molecule has 0 aliphatic rings. The van der Waals surface area contributed by atoms with Crippen LogP contribution in [0.25, 0.3) is 20.2 Å². The molecule has 0 unspecified atom stereocenters. The van der Waals surface area contributed by atoms with Crippen molar-refractivity contribution in [2.75, 3.05) is 0 Å². The fourth-order valence-electron chi connectivity index (χ4n) is 2.45. The zero-order valence-corrected chi connectivity index (χ0v) is 12.0. The Morgan fingerprint density at radius 2 is 1.62 bits per heavy atom. The molecule has 0 radical (unpaired) electrons. The highest BCUT2D eigenvalue weighted by molar-refractivity contribution is 7.25. The lowest BCUT2D eigenvalue weighted by atomic mass is 10.1. The van der Waals surface area contributed by atoms with E-state index in [0.29, 0.717) is 0 Å². The van der Waals surface area contributed by atoms with Crippen molar-refractivity contribution >= 4 is 31.5 Å². The van der Waals surface area contributed by atoms with Crippen LogP contribution in [0.2, 0.25) is 0 Å². The number of fused-ring (bicyclic) bond motifs is 3. The highest BCUT2D eigenvalue weighted by atomic mass is 32.1. The molecular weight excluding hydrogens is 274 g/mol. The molecule has 2 heterocycles. The van der Waals surface area contributed by atoms with Crippen molar-refractivity contribution in [3.8, 4) is 11.8 Å². The largest absolute Gasteiger partial charge is 0.248 e. The average Bonchev–Trinajstić information content (AvgIpc) is 2.93. The summed E-state index contributed by atoms with van der Waals surface area (Å²) in [7, 11) is 0. The van der Waals surface area contributed by atoms with Crippen molar-refractivity contribution in [2.24, 2.45) is 0 Å². The number of hydrogen-bond donors (Lipinski definition) is 0. The van der Waals surface area contributed by atoms with E-state index in [1.807, 2.05) is 29.5 Å². The SMILES string of the molecule is C(#Cc1cccc2sc3ccccc3c12)c1ccccn1. The Labute approximate surface area is 126 Å². The van der Waals surface area contributed by atoms with Gasteiger partial charge in [-0.15, -0.1) is 11.3 Å². The van der Waals surface area contributed by atoms with Gasteiger partial charge in [-0.25, -0.2) is 4.98 Å². The quantitative estimate of drug-likeness (QED) is 0.421. The lowest BCUT2D eigenvalue weighted by Gasteiger charge is -1.95. The van der Waals surface area contributed by atoms with Crippen LogP contribution < -0.4 is 0 Å². The van der Waals surface area contributed by atoms with E-state index in [0.717, 1.165) is 11.3 Å². The van der Waals surface area contributed by atoms with Gasteiger partial charge in [0.15, 0.2) is 0 Å². The Kier molecular flexibility index (Phi) is 2.92. The third kappa shape index (κ3) is 2.18. The van der Waals surface area contributed by atoms with Gasteiger partial charge in [0.1, 0.15) is 5.69 Å². The minimum absolute atomic E-state index is 0.800. The summed E-state index contributed by atoms with van der Waals surface area (Å²) < 4.78 is 2.59. The number of hydrogen-bond acceptors (Lipinski definition) is 2. The van der Waals surface area contributed by atoms with E-state index < -0.39 is 0 Å². The summed E-state index contributed by atoms with van der Waals surface area (Å²) in [5.41, 5.74) is 1.87.